The minimum atomic E-state index is -1.07. The van der Waals surface area contributed by atoms with Crippen LogP contribution in [-0.2, 0) is 0 Å². The highest BCUT2D eigenvalue weighted by Crippen LogP contribution is 2.41. The highest BCUT2D eigenvalue weighted by atomic mass is 79.9. The Hall–Kier alpha value is -1.10. The molecule has 0 aliphatic carbocycles. The van der Waals surface area contributed by atoms with Crippen LogP contribution in [0.3, 0.4) is 0 Å². The minimum absolute atomic E-state index is 0.0924. The summed E-state index contributed by atoms with van der Waals surface area (Å²) < 4.78 is 13.1. The number of carboxylic acids is 2. The van der Waals surface area contributed by atoms with Gasteiger partial charge in [-0.2, -0.15) is 0 Å². The molecular weight excluding hydrogens is 608 g/mol. The number of halogens is 4. The normalized spacial score (nSPS) is 10.5. The molecular formula is C16H10Br4O6. The Morgan fingerprint density at radius 2 is 1.50 bits per heavy atom. The van der Waals surface area contributed by atoms with Crippen molar-refractivity contribution in [1.82, 2.24) is 0 Å². The number of rotatable bonds is 7. The third-order valence-electron chi connectivity index (χ3n) is 3.11. The maximum absolute atomic E-state index is 11.2. The van der Waals surface area contributed by atoms with E-state index in [1.807, 2.05) is 0 Å². The van der Waals surface area contributed by atoms with Gasteiger partial charge in [-0.05, 0) is 88.0 Å². The monoisotopic (exact) mass is 614 g/mol. The van der Waals surface area contributed by atoms with Crippen molar-refractivity contribution in [3.63, 3.8) is 0 Å². The van der Waals surface area contributed by atoms with Crippen LogP contribution in [0.2, 0.25) is 0 Å². The Kier molecular flexibility index (Phi) is 7.51. The van der Waals surface area contributed by atoms with Crippen molar-refractivity contribution in [2.24, 2.45) is 0 Å². The second-order valence-electron chi connectivity index (χ2n) is 4.82. The van der Waals surface area contributed by atoms with E-state index in [1.54, 1.807) is 6.07 Å². The van der Waals surface area contributed by atoms with Crippen LogP contribution in [0.25, 0.3) is 0 Å². The van der Waals surface area contributed by atoms with E-state index in [9.17, 15) is 9.59 Å². The molecule has 6 nitrogen and oxygen atoms in total. The molecule has 0 aromatic heterocycles. The Bertz CT molecular complexity index is 868. The quantitative estimate of drug-likeness (QED) is 0.311. The first-order valence-electron chi connectivity index (χ1n) is 6.91. The van der Waals surface area contributed by atoms with Gasteiger partial charge in [-0.25, -0.2) is 9.59 Å². The number of hydrogen-bond acceptors (Lipinski definition) is 4. The summed E-state index contributed by atoms with van der Waals surface area (Å²) in [7, 11) is 0. The fraction of sp³-hybridized carbons (Fsp3) is 0.125. The number of benzene rings is 2. The molecule has 0 spiro atoms. The number of ether oxygens (including phenoxy) is 2. The molecule has 10 heteroatoms. The molecule has 0 fully saturated rings. The summed E-state index contributed by atoms with van der Waals surface area (Å²) in [5.74, 6) is -1.17. The molecule has 0 aliphatic rings. The standard InChI is InChI=1S/C16H10Br4O6/c17-9-5-7(15(21)22)1-2-11(9)25-3-4-26-14-10(18)6-8(16(23)24)12(19)13(14)20/h1-2,5-6H,3-4H2,(H,21,22)(H,23,24). The van der Waals surface area contributed by atoms with Gasteiger partial charge in [-0.3, -0.25) is 0 Å². The predicted octanol–water partition coefficient (Wildman–Crippen LogP) is 5.59. The van der Waals surface area contributed by atoms with Crippen LogP contribution >= 0.6 is 63.7 Å². The van der Waals surface area contributed by atoms with E-state index in [0.29, 0.717) is 29.4 Å². The lowest BCUT2D eigenvalue weighted by Crippen LogP contribution is -2.11. The topological polar surface area (TPSA) is 93.1 Å². The van der Waals surface area contributed by atoms with Gasteiger partial charge in [0.1, 0.15) is 24.7 Å². The van der Waals surface area contributed by atoms with Gasteiger partial charge in [-0.1, -0.05) is 0 Å². The molecule has 0 saturated carbocycles. The molecule has 0 aliphatic heterocycles. The lowest BCUT2D eigenvalue weighted by molar-refractivity contribution is 0.0685. The summed E-state index contributed by atoms with van der Waals surface area (Å²) in [6, 6.07) is 5.89. The maximum Gasteiger partial charge on any atom is 0.336 e. The van der Waals surface area contributed by atoms with Crippen LogP contribution in [0.15, 0.2) is 42.2 Å². The summed E-state index contributed by atoms with van der Waals surface area (Å²) in [5, 5.41) is 18.1. The lowest BCUT2D eigenvalue weighted by atomic mass is 10.2. The average molecular weight is 618 g/mol. The number of carbonyl (C=O) groups is 2. The molecule has 0 atom stereocenters. The fourth-order valence-corrected chi connectivity index (χ4v) is 4.22. The second kappa shape index (κ2) is 9.20. The first-order chi connectivity index (χ1) is 12.2. The Morgan fingerprint density at radius 1 is 0.846 bits per heavy atom. The predicted molar refractivity (Wildman–Crippen MR) is 109 cm³/mol. The third-order valence-corrected chi connectivity index (χ3v) is 6.43. The van der Waals surface area contributed by atoms with Gasteiger partial charge < -0.3 is 19.7 Å². The SMILES string of the molecule is O=C(O)c1ccc(OCCOc2c(Br)cc(C(=O)O)c(Br)c2Br)c(Br)c1. The average Bonchev–Trinajstić information content (AvgIpc) is 2.58. The number of carboxylic acid groups (broad SMARTS) is 2. The van der Waals surface area contributed by atoms with Crippen molar-refractivity contribution in [1.29, 1.82) is 0 Å². The van der Waals surface area contributed by atoms with Crippen molar-refractivity contribution >= 4 is 75.7 Å². The first kappa shape index (κ1) is 21.2. The molecule has 0 amide bonds. The number of hydrogen-bond donors (Lipinski definition) is 2. The van der Waals surface area contributed by atoms with Crippen molar-refractivity contribution in [3.05, 3.63) is 53.3 Å². The van der Waals surface area contributed by atoms with Gasteiger partial charge in [-0.15, -0.1) is 0 Å². The third kappa shape index (κ3) is 4.99. The van der Waals surface area contributed by atoms with Gasteiger partial charge in [0.25, 0.3) is 0 Å². The van der Waals surface area contributed by atoms with E-state index in [-0.39, 0.29) is 24.3 Å². The summed E-state index contributed by atoms with van der Waals surface area (Å²) in [5.41, 5.74) is 0.242. The molecule has 2 aromatic carbocycles. The summed E-state index contributed by atoms with van der Waals surface area (Å²) >= 11 is 13.1. The molecule has 0 saturated heterocycles. The highest BCUT2D eigenvalue weighted by molar-refractivity contribution is 9.13. The summed E-state index contributed by atoms with van der Waals surface area (Å²) in [4.78, 5) is 22.1. The zero-order valence-corrected chi connectivity index (χ0v) is 19.1. The van der Waals surface area contributed by atoms with Gasteiger partial charge >= 0.3 is 11.9 Å². The smallest absolute Gasteiger partial charge is 0.336 e. The first-order valence-corrected chi connectivity index (χ1v) is 10.1. The molecule has 26 heavy (non-hydrogen) atoms. The van der Waals surface area contributed by atoms with E-state index in [2.05, 4.69) is 63.7 Å². The van der Waals surface area contributed by atoms with Crippen molar-refractivity contribution < 1.29 is 29.3 Å². The molecule has 2 aromatic rings. The second-order valence-corrected chi connectivity index (χ2v) is 8.11. The molecule has 0 bridgehead atoms. The lowest BCUT2D eigenvalue weighted by Gasteiger charge is -2.14. The molecule has 2 rings (SSSR count). The highest BCUT2D eigenvalue weighted by Gasteiger charge is 2.19. The van der Waals surface area contributed by atoms with E-state index >= 15 is 0 Å². The largest absolute Gasteiger partial charge is 0.489 e. The van der Waals surface area contributed by atoms with Gasteiger partial charge in [0.05, 0.1) is 29.0 Å². The minimum Gasteiger partial charge on any atom is -0.489 e. The van der Waals surface area contributed by atoms with Crippen LogP contribution in [0, 0.1) is 0 Å². The van der Waals surface area contributed by atoms with Crippen LogP contribution in [0.4, 0.5) is 0 Å². The van der Waals surface area contributed by atoms with E-state index in [1.165, 1.54) is 18.2 Å². The summed E-state index contributed by atoms with van der Waals surface area (Å²) in [6.45, 7) is 0.380. The molecule has 0 radical (unpaired) electrons. The Labute approximate surface area is 182 Å². The van der Waals surface area contributed by atoms with Crippen molar-refractivity contribution in [2.75, 3.05) is 13.2 Å². The van der Waals surface area contributed by atoms with Crippen LogP contribution < -0.4 is 9.47 Å². The van der Waals surface area contributed by atoms with E-state index in [0.717, 1.165) is 0 Å². The zero-order valence-electron chi connectivity index (χ0n) is 12.8. The van der Waals surface area contributed by atoms with Gasteiger partial charge in [0.15, 0.2) is 0 Å². The zero-order chi connectivity index (χ0) is 19.4. The number of aromatic carboxylic acids is 2. The Morgan fingerprint density at radius 3 is 2.08 bits per heavy atom. The van der Waals surface area contributed by atoms with Crippen molar-refractivity contribution in [2.45, 2.75) is 0 Å². The molecule has 138 valence electrons. The van der Waals surface area contributed by atoms with E-state index in [4.69, 9.17) is 19.7 Å². The van der Waals surface area contributed by atoms with Crippen LogP contribution in [0.5, 0.6) is 11.5 Å². The fourth-order valence-electron chi connectivity index (χ4n) is 1.91. The van der Waals surface area contributed by atoms with Gasteiger partial charge in [0.2, 0.25) is 0 Å². The van der Waals surface area contributed by atoms with E-state index < -0.39 is 11.9 Å². The summed E-state index contributed by atoms with van der Waals surface area (Å²) in [6.07, 6.45) is 0. The molecule has 0 heterocycles. The molecule has 0 unspecified atom stereocenters. The van der Waals surface area contributed by atoms with Crippen LogP contribution in [0.1, 0.15) is 20.7 Å². The molecule has 2 N–H and O–H groups in total. The maximum atomic E-state index is 11.2. The van der Waals surface area contributed by atoms with Crippen LogP contribution in [-0.4, -0.2) is 35.4 Å². The van der Waals surface area contributed by atoms with Crippen molar-refractivity contribution in [3.8, 4) is 11.5 Å². The Balaban J connectivity index is 2.02. The van der Waals surface area contributed by atoms with Gasteiger partial charge in [0, 0.05) is 0 Å².